The standard InChI is InChI=1S/C11H14F2N2/c1-15(9-4-5-14-7-9)11-6-8(12)2-3-10(11)13/h2-3,6,9,14H,4-5,7H2,1H3. The van der Waals surface area contributed by atoms with Crippen LogP contribution in [0.4, 0.5) is 14.5 Å². The molecule has 2 rings (SSSR count). The highest BCUT2D eigenvalue weighted by Gasteiger charge is 2.21. The minimum atomic E-state index is -0.399. The maximum atomic E-state index is 13.4. The number of nitrogens with one attached hydrogen (secondary N) is 1. The zero-order valence-electron chi connectivity index (χ0n) is 8.63. The Hall–Kier alpha value is -1.16. The van der Waals surface area contributed by atoms with Crippen molar-refractivity contribution >= 4 is 5.69 Å². The molecule has 82 valence electrons. The molecule has 1 N–H and O–H groups in total. The van der Waals surface area contributed by atoms with Crippen LogP contribution in [0.25, 0.3) is 0 Å². The van der Waals surface area contributed by atoms with Crippen molar-refractivity contribution in [1.82, 2.24) is 5.32 Å². The molecule has 0 radical (unpaired) electrons. The summed E-state index contributed by atoms with van der Waals surface area (Å²) in [6.07, 6.45) is 0.965. The van der Waals surface area contributed by atoms with Gasteiger partial charge in [0.15, 0.2) is 0 Å². The van der Waals surface area contributed by atoms with E-state index in [0.29, 0.717) is 5.69 Å². The van der Waals surface area contributed by atoms with E-state index in [1.165, 1.54) is 12.1 Å². The Morgan fingerprint density at radius 1 is 1.40 bits per heavy atom. The molecule has 0 aromatic heterocycles. The van der Waals surface area contributed by atoms with Gasteiger partial charge in [0, 0.05) is 25.7 Å². The van der Waals surface area contributed by atoms with Gasteiger partial charge in [-0.15, -0.1) is 0 Å². The van der Waals surface area contributed by atoms with Crippen LogP contribution in [0.3, 0.4) is 0 Å². The molecule has 0 bridgehead atoms. The molecule has 0 spiro atoms. The number of nitrogens with zero attached hydrogens (tertiary/aromatic N) is 1. The van der Waals surface area contributed by atoms with E-state index in [1.807, 2.05) is 0 Å². The van der Waals surface area contributed by atoms with Crippen molar-refractivity contribution in [3.63, 3.8) is 0 Å². The first kappa shape index (κ1) is 10.4. The van der Waals surface area contributed by atoms with Crippen molar-refractivity contribution in [3.8, 4) is 0 Å². The van der Waals surface area contributed by atoms with Gasteiger partial charge in [-0.25, -0.2) is 8.78 Å². The maximum Gasteiger partial charge on any atom is 0.146 e. The quantitative estimate of drug-likeness (QED) is 0.803. The third kappa shape index (κ3) is 2.09. The van der Waals surface area contributed by atoms with Gasteiger partial charge >= 0.3 is 0 Å². The summed E-state index contributed by atoms with van der Waals surface area (Å²) in [4.78, 5) is 1.80. The molecule has 1 heterocycles. The monoisotopic (exact) mass is 212 g/mol. The largest absolute Gasteiger partial charge is 0.368 e. The number of anilines is 1. The molecule has 2 nitrogen and oxygen atoms in total. The second-order valence-corrected chi connectivity index (χ2v) is 3.85. The van der Waals surface area contributed by atoms with Gasteiger partial charge in [0.05, 0.1) is 5.69 Å². The molecular formula is C11H14F2N2. The molecule has 1 aromatic rings. The second-order valence-electron chi connectivity index (χ2n) is 3.85. The summed E-state index contributed by atoms with van der Waals surface area (Å²) < 4.78 is 26.4. The predicted molar refractivity (Wildman–Crippen MR) is 56.0 cm³/mol. The van der Waals surface area contributed by atoms with Crippen LogP contribution in [0.2, 0.25) is 0 Å². The van der Waals surface area contributed by atoms with Crippen molar-refractivity contribution in [2.45, 2.75) is 12.5 Å². The molecule has 1 aliphatic heterocycles. The highest BCUT2D eigenvalue weighted by Crippen LogP contribution is 2.22. The smallest absolute Gasteiger partial charge is 0.146 e. The maximum absolute atomic E-state index is 13.4. The normalized spacial score (nSPS) is 20.6. The van der Waals surface area contributed by atoms with Crippen LogP contribution in [-0.2, 0) is 0 Å². The molecule has 4 heteroatoms. The Morgan fingerprint density at radius 3 is 2.87 bits per heavy atom. The van der Waals surface area contributed by atoms with Crippen LogP contribution >= 0.6 is 0 Å². The van der Waals surface area contributed by atoms with E-state index in [4.69, 9.17) is 0 Å². The lowest BCUT2D eigenvalue weighted by molar-refractivity contribution is 0.584. The SMILES string of the molecule is CN(c1cc(F)ccc1F)C1CCNC1. The van der Waals surface area contributed by atoms with Crippen molar-refractivity contribution < 1.29 is 8.78 Å². The molecular weight excluding hydrogens is 198 g/mol. The summed E-state index contributed by atoms with van der Waals surface area (Å²) in [5.41, 5.74) is 0.337. The number of halogens is 2. The van der Waals surface area contributed by atoms with Gasteiger partial charge in [0.25, 0.3) is 0 Å². The van der Waals surface area contributed by atoms with Gasteiger partial charge in [-0.1, -0.05) is 0 Å². The molecule has 0 amide bonds. The summed E-state index contributed by atoms with van der Waals surface area (Å²) in [6, 6.07) is 3.80. The van der Waals surface area contributed by atoms with Crippen LogP contribution in [-0.4, -0.2) is 26.2 Å². The fourth-order valence-electron chi connectivity index (χ4n) is 1.92. The van der Waals surface area contributed by atoms with Crippen molar-refractivity contribution in [2.24, 2.45) is 0 Å². The molecule has 1 fully saturated rings. The average Bonchev–Trinajstić information content (AvgIpc) is 2.74. The number of hydrogen-bond acceptors (Lipinski definition) is 2. The summed E-state index contributed by atoms with van der Waals surface area (Å²) in [5.74, 6) is -0.769. The lowest BCUT2D eigenvalue weighted by Crippen LogP contribution is -2.33. The van der Waals surface area contributed by atoms with E-state index in [0.717, 1.165) is 25.6 Å². The van der Waals surface area contributed by atoms with Gasteiger partial charge in [-0.3, -0.25) is 0 Å². The molecule has 1 unspecified atom stereocenters. The van der Waals surface area contributed by atoms with E-state index in [2.05, 4.69) is 5.32 Å². The van der Waals surface area contributed by atoms with E-state index in [9.17, 15) is 8.78 Å². The fraction of sp³-hybridized carbons (Fsp3) is 0.455. The summed E-state index contributed by atoms with van der Waals surface area (Å²) in [6.45, 7) is 1.76. The fourth-order valence-corrected chi connectivity index (χ4v) is 1.92. The number of rotatable bonds is 2. The van der Waals surface area contributed by atoms with Crippen LogP contribution in [0.1, 0.15) is 6.42 Å². The highest BCUT2D eigenvalue weighted by molar-refractivity contribution is 5.48. The van der Waals surface area contributed by atoms with Crippen LogP contribution in [0.5, 0.6) is 0 Å². The van der Waals surface area contributed by atoms with Crippen LogP contribution in [0, 0.1) is 11.6 Å². The van der Waals surface area contributed by atoms with E-state index < -0.39 is 5.82 Å². The van der Waals surface area contributed by atoms with Gasteiger partial charge in [0.1, 0.15) is 11.6 Å². The van der Waals surface area contributed by atoms with Crippen molar-refractivity contribution in [2.75, 3.05) is 25.0 Å². The zero-order valence-corrected chi connectivity index (χ0v) is 8.63. The first-order valence-electron chi connectivity index (χ1n) is 5.07. The van der Waals surface area contributed by atoms with E-state index in [-0.39, 0.29) is 11.9 Å². The highest BCUT2D eigenvalue weighted by atomic mass is 19.1. The molecule has 0 saturated carbocycles. The topological polar surface area (TPSA) is 15.3 Å². The summed E-state index contributed by atoms with van der Waals surface area (Å²) in [7, 11) is 1.80. The van der Waals surface area contributed by atoms with Gasteiger partial charge < -0.3 is 10.2 Å². The average molecular weight is 212 g/mol. The number of likely N-dealkylation sites (N-methyl/N-ethyl adjacent to an activating group) is 1. The lowest BCUT2D eigenvalue weighted by atomic mass is 10.2. The molecule has 1 saturated heterocycles. The Morgan fingerprint density at radius 2 is 2.20 bits per heavy atom. The molecule has 1 atom stereocenters. The van der Waals surface area contributed by atoms with Gasteiger partial charge in [-0.05, 0) is 25.1 Å². The number of benzene rings is 1. The van der Waals surface area contributed by atoms with E-state index >= 15 is 0 Å². The Kier molecular flexibility index (Phi) is 2.86. The first-order valence-corrected chi connectivity index (χ1v) is 5.07. The van der Waals surface area contributed by atoms with Crippen LogP contribution < -0.4 is 10.2 Å². The zero-order chi connectivity index (χ0) is 10.8. The molecule has 0 aliphatic carbocycles. The van der Waals surface area contributed by atoms with E-state index in [1.54, 1.807) is 11.9 Å². The first-order chi connectivity index (χ1) is 7.18. The third-order valence-corrected chi connectivity index (χ3v) is 2.87. The Bertz CT molecular complexity index is 348. The Balaban J connectivity index is 2.23. The summed E-state index contributed by atoms with van der Waals surface area (Å²) in [5, 5.41) is 3.20. The third-order valence-electron chi connectivity index (χ3n) is 2.87. The van der Waals surface area contributed by atoms with Gasteiger partial charge in [0.2, 0.25) is 0 Å². The molecule has 1 aromatic carbocycles. The minimum Gasteiger partial charge on any atom is -0.368 e. The summed E-state index contributed by atoms with van der Waals surface area (Å²) >= 11 is 0. The molecule has 1 aliphatic rings. The Labute approximate surface area is 87.9 Å². The second kappa shape index (κ2) is 4.14. The van der Waals surface area contributed by atoms with Gasteiger partial charge in [-0.2, -0.15) is 0 Å². The van der Waals surface area contributed by atoms with Crippen molar-refractivity contribution in [1.29, 1.82) is 0 Å². The predicted octanol–water partition coefficient (Wildman–Crippen LogP) is 1.76. The number of hydrogen-bond donors (Lipinski definition) is 1. The lowest BCUT2D eigenvalue weighted by Gasteiger charge is -2.26. The molecule has 15 heavy (non-hydrogen) atoms. The minimum absolute atomic E-state index is 0.251. The van der Waals surface area contributed by atoms with Crippen molar-refractivity contribution in [3.05, 3.63) is 29.8 Å². The van der Waals surface area contributed by atoms with Crippen LogP contribution in [0.15, 0.2) is 18.2 Å².